The number of alkyl halides is 10. The van der Waals surface area contributed by atoms with Gasteiger partial charge in [-0.15, -0.1) is 24.8 Å². The van der Waals surface area contributed by atoms with Gasteiger partial charge in [0.15, 0.2) is 0 Å². The van der Waals surface area contributed by atoms with E-state index < -0.39 is 79.8 Å². The molecule has 72 heavy (non-hydrogen) atoms. The molecule has 28 heteroatoms. The summed E-state index contributed by atoms with van der Waals surface area (Å²) in [5, 5.41) is 3.40. The van der Waals surface area contributed by atoms with E-state index in [0.717, 1.165) is 36.1 Å². The molecule has 3 rings (SSSR count). The summed E-state index contributed by atoms with van der Waals surface area (Å²) in [5.74, 6) is 0. The average molecular weight is 1180 g/mol. The number of piperidine rings is 2. The number of hydrogen-bond acceptors (Lipinski definition) is 12. The fourth-order valence-electron chi connectivity index (χ4n) is 6.67. The molecular formula is C44H81BrCl2F9N5O11. The molecule has 1 saturated carbocycles. The molecule has 0 radical (unpaired) electrons. The highest BCUT2D eigenvalue weighted by molar-refractivity contribution is 9.09. The molecule has 2 heterocycles. The van der Waals surface area contributed by atoms with Crippen molar-refractivity contribution < 1.29 is 91.8 Å². The van der Waals surface area contributed by atoms with Crippen molar-refractivity contribution in [2.45, 2.75) is 155 Å². The van der Waals surface area contributed by atoms with E-state index in [1.807, 2.05) is 0 Å². The van der Waals surface area contributed by atoms with Gasteiger partial charge in [-0.2, -0.15) is 39.5 Å². The van der Waals surface area contributed by atoms with E-state index >= 15 is 0 Å². The van der Waals surface area contributed by atoms with Crippen LogP contribution >= 0.6 is 40.7 Å². The van der Waals surface area contributed by atoms with Crippen LogP contribution in [0.25, 0.3) is 0 Å². The van der Waals surface area contributed by atoms with Crippen LogP contribution in [0.5, 0.6) is 0 Å². The Balaban J connectivity index is -0.000000456. The van der Waals surface area contributed by atoms with E-state index in [0.29, 0.717) is 43.7 Å². The van der Waals surface area contributed by atoms with Crippen molar-refractivity contribution in [3.63, 3.8) is 0 Å². The number of carbonyl (C=O) groups is 4. The van der Waals surface area contributed by atoms with Gasteiger partial charge in [0.05, 0.1) is 26.4 Å². The zero-order chi connectivity index (χ0) is 53.1. The first-order chi connectivity index (χ1) is 31.8. The van der Waals surface area contributed by atoms with Crippen LogP contribution in [0.2, 0.25) is 0 Å². The second-order valence-corrected chi connectivity index (χ2v) is 18.9. The molecule has 0 aromatic rings. The number of methoxy groups -OCH3 is 3. The number of halogens is 12. The van der Waals surface area contributed by atoms with Gasteiger partial charge in [-0.1, -0.05) is 42.6 Å². The zero-order valence-electron chi connectivity index (χ0n) is 42.2. The number of amides is 4. The topological polar surface area (TPSA) is 158 Å². The highest BCUT2D eigenvalue weighted by Crippen LogP contribution is 2.28. The summed E-state index contributed by atoms with van der Waals surface area (Å²) in [4.78, 5) is 52.0. The van der Waals surface area contributed by atoms with Crippen molar-refractivity contribution in [3.8, 4) is 0 Å². The van der Waals surface area contributed by atoms with Crippen LogP contribution in [0.3, 0.4) is 0 Å². The Bertz CT molecular complexity index is 1450. The van der Waals surface area contributed by atoms with E-state index in [1.165, 1.54) is 24.0 Å². The molecule has 0 spiro atoms. The lowest BCUT2D eigenvalue weighted by Gasteiger charge is -2.38. The molecular weight excluding hydrogens is 1100 g/mol. The lowest BCUT2D eigenvalue weighted by Crippen LogP contribution is -2.52. The van der Waals surface area contributed by atoms with Crippen molar-refractivity contribution in [1.29, 1.82) is 0 Å². The van der Waals surface area contributed by atoms with Crippen LogP contribution in [0.15, 0.2) is 0 Å². The van der Waals surface area contributed by atoms with E-state index in [9.17, 15) is 58.7 Å². The molecule has 16 nitrogen and oxygen atoms in total. The maximum atomic E-state index is 12.8. The van der Waals surface area contributed by atoms with Crippen molar-refractivity contribution >= 4 is 65.1 Å². The summed E-state index contributed by atoms with van der Waals surface area (Å²) >= 11 is 3.18. The van der Waals surface area contributed by atoms with Crippen LogP contribution in [-0.4, -0.2) is 197 Å². The van der Waals surface area contributed by atoms with Gasteiger partial charge >= 0.3 is 42.9 Å². The predicted octanol–water partition coefficient (Wildman–Crippen LogP) is 11.0. The molecule has 4 amide bonds. The number of likely N-dealkylation sites (tertiary alicyclic amines) is 2. The Hall–Kier alpha value is -2.65. The molecule has 3 fully saturated rings. The summed E-state index contributed by atoms with van der Waals surface area (Å²) in [6.45, 7) is 9.11. The van der Waals surface area contributed by atoms with Gasteiger partial charge in [-0.3, -0.25) is 9.80 Å². The van der Waals surface area contributed by atoms with Crippen molar-refractivity contribution in [3.05, 3.63) is 0 Å². The second-order valence-electron chi connectivity index (χ2n) is 18.1. The van der Waals surface area contributed by atoms with Crippen molar-refractivity contribution in [2.24, 2.45) is 0 Å². The highest BCUT2D eigenvalue weighted by Gasteiger charge is 2.40. The minimum Gasteiger partial charge on any atom is -0.447 e. The number of ether oxygens (including phenoxy) is 7. The van der Waals surface area contributed by atoms with Gasteiger partial charge in [0.2, 0.25) is 0 Å². The molecule has 2 saturated heterocycles. The summed E-state index contributed by atoms with van der Waals surface area (Å²) in [6, 6.07) is -1.23. The van der Waals surface area contributed by atoms with E-state index in [4.69, 9.17) is 28.4 Å². The fraction of sp³-hybridized carbons (Fsp3) is 0.909. The molecule has 432 valence electrons. The lowest BCUT2D eigenvalue weighted by atomic mass is 9.94. The minimum absolute atomic E-state index is 0. The SMILES string of the molecule is C.CC(C)(C)OC(=O)N1CCC(NCC(F)(F)F)CC1.COCCBr.COCCOC(=O)N(CC(F)(F)F)C1CCCCC1.COCCOC(=O)N(CC(F)(F)F)C1CCN(C(=O)OC(C)(C)C)CC1.Cl.Cl. The van der Waals surface area contributed by atoms with Gasteiger partial charge in [0, 0.05) is 71.0 Å². The van der Waals surface area contributed by atoms with E-state index in [1.54, 1.807) is 48.7 Å². The van der Waals surface area contributed by atoms with Crippen LogP contribution in [0, 0.1) is 0 Å². The summed E-state index contributed by atoms with van der Waals surface area (Å²) < 4.78 is 146. The van der Waals surface area contributed by atoms with Crippen molar-refractivity contribution in [1.82, 2.24) is 24.9 Å². The minimum atomic E-state index is -4.54. The van der Waals surface area contributed by atoms with E-state index in [-0.39, 0.29) is 96.7 Å². The normalized spacial score (nSPS) is 15.9. The first-order valence-corrected chi connectivity index (χ1v) is 23.8. The molecule has 3 aliphatic rings. The Labute approximate surface area is 440 Å². The third-order valence-electron chi connectivity index (χ3n) is 9.79. The summed E-state index contributed by atoms with van der Waals surface area (Å²) in [6.07, 6.45) is -10.6. The summed E-state index contributed by atoms with van der Waals surface area (Å²) in [5.41, 5.74) is -1.20. The number of nitrogens with zero attached hydrogens (tertiary/aromatic N) is 4. The first kappa shape index (κ1) is 75.9. The Morgan fingerprint density at radius 1 is 0.542 bits per heavy atom. The lowest BCUT2D eigenvalue weighted by molar-refractivity contribution is -0.149. The molecule has 0 atom stereocenters. The zero-order valence-corrected chi connectivity index (χ0v) is 45.4. The monoisotopic (exact) mass is 1180 g/mol. The smallest absolute Gasteiger partial charge is 0.410 e. The third-order valence-corrected chi connectivity index (χ3v) is 10.1. The number of rotatable bonds is 14. The van der Waals surface area contributed by atoms with Crippen LogP contribution in [-0.2, 0) is 33.2 Å². The van der Waals surface area contributed by atoms with Gasteiger partial charge in [-0.05, 0) is 80.1 Å². The summed E-state index contributed by atoms with van der Waals surface area (Å²) in [7, 11) is 4.51. The van der Waals surface area contributed by atoms with Gasteiger partial charge in [-0.25, -0.2) is 19.2 Å². The largest absolute Gasteiger partial charge is 0.447 e. The average Bonchev–Trinajstić information content (AvgIpc) is 3.23. The van der Waals surface area contributed by atoms with Gasteiger partial charge in [0.1, 0.15) is 37.5 Å². The van der Waals surface area contributed by atoms with Crippen LogP contribution < -0.4 is 5.32 Å². The Morgan fingerprint density at radius 3 is 1.18 bits per heavy atom. The van der Waals surface area contributed by atoms with Crippen LogP contribution in [0.1, 0.15) is 107 Å². The predicted molar refractivity (Wildman–Crippen MR) is 261 cm³/mol. The molecule has 2 aliphatic heterocycles. The fourth-order valence-corrected chi connectivity index (χ4v) is 7.00. The molecule has 0 aromatic carbocycles. The number of carbonyl (C=O) groups excluding carboxylic acids is 4. The quantitative estimate of drug-likeness (QED) is 0.0761. The maximum absolute atomic E-state index is 12.8. The maximum Gasteiger partial charge on any atom is 0.410 e. The molecule has 0 unspecified atom stereocenters. The Kier molecular flexibility index (Phi) is 40.0. The number of nitrogens with one attached hydrogen (secondary N) is 1. The van der Waals surface area contributed by atoms with Gasteiger partial charge in [0.25, 0.3) is 0 Å². The van der Waals surface area contributed by atoms with E-state index in [2.05, 4.69) is 26.0 Å². The Morgan fingerprint density at radius 2 is 0.889 bits per heavy atom. The molecule has 0 bridgehead atoms. The van der Waals surface area contributed by atoms with Crippen molar-refractivity contribution in [2.75, 3.05) is 106 Å². The number of hydrogen-bond donors (Lipinski definition) is 1. The third kappa shape index (κ3) is 38.9. The molecule has 0 aromatic heterocycles. The first-order valence-electron chi connectivity index (χ1n) is 22.6. The molecule has 1 aliphatic carbocycles. The van der Waals surface area contributed by atoms with Crippen LogP contribution in [0.4, 0.5) is 58.7 Å². The van der Waals surface area contributed by atoms with Gasteiger partial charge < -0.3 is 48.3 Å². The second kappa shape index (κ2) is 38.0. The highest BCUT2D eigenvalue weighted by atomic mass is 79.9. The standard InChI is InChI=1S/C16H27F3N2O5.C12H21F3N2O2.C12H20F3NO3.C3H7BrO.CH4.2ClH/c1-15(2,3)26-13(22)20-7-5-12(6-8-20)21(11-16(17,18)19)14(23)25-10-9-24-4;1-11(2,3)19-10(18)17-6-4-9(5-7-17)16-8-12(13,14)15;1-18-7-8-19-11(17)16(9-12(13,14)15)10-5-3-2-4-6-10;1-5-3-2-4;;;/h12H,5-11H2,1-4H3;9,16H,4-8H2,1-3H3;10H,2-9H2,1H3;2-3H2,1H3;1H4;2*1H. The molecule has 1 N–H and O–H groups in total.